The fraction of sp³-hybridized carbons (Fsp3) is 0.333. The van der Waals surface area contributed by atoms with E-state index in [1.165, 1.54) is 12.4 Å². The van der Waals surface area contributed by atoms with Crippen LogP contribution in [0.15, 0.2) is 37.1 Å². The summed E-state index contributed by atoms with van der Waals surface area (Å²) in [6, 6.07) is 2.73. The van der Waals surface area contributed by atoms with Gasteiger partial charge in [0.05, 0.1) is 29.1 Å². The molecule has 0 spiro atoms. The molecule has 190 valence electrons. The Hall–Kier alpha value is -4.31. The van der Waals surface area contributed by atoms with Crippen molar-refractivity contribution in [2.45, 2.75) is 19.1 Å². The highest BCUT2D eigenvalue weighted by Crippen LogP contribution is 2.35. The van der Waals surface area contributed by atoms with Crippen molar-refractivity contribution < 1.29 is 13.2 Å². The summed E-state index contributed by atoms with van der Waals surface area (Å²) in [6.07, 6.45) is 2.52. The van der Waals surface area contributed by atoms with Crippen LogP contribution < -0.4 is 10.2 Å². The minimum atomic E-state index is -4.55. The fourth-order valence-electron chi connectivity index (χ4n) is 4.09. The van der Waals surface area contributed by atoms with Crippen molar-refractivity contribution in [2.75, 3.05) is 43.4 Å². The van der Waals surface area contributed by atoms with E-state index in [-0.39, 0.29) is 34.3 Å². The van der Waals surface area contributed by atoms with E-state index in [1.807, 2.05) is 13.0 Å². The first-order valence-electron chi connectivity index (χ1n) is 11.6. The number of pyridine rings is 1. The zero-order valence-corrected chi connectivity index (χ0v) is 20.1. The third-order valence-electron chi connectivity index (χ3n) is 6.31. The Bertz CT molecular complexity index is 1450. The van der Waals surface area contributed by atoms with Crippen molar-refractivity contribution in [1.29, 1.82) is 5.26 Å². The van der Waals surface area contributed by atoms with E-state index in [4.69, 9.17) is 0 Å². The quantitative estimate of drug-likeness (QED) is 0.416. The van der Waals surface area contributed by atoms with Crippen molar-refractivity contribution in [2.24, 2.45) is 0 Å². The van der Waals surface area contributed by atoms with E-state index in [2.05, 4.69) is 52.1 Å². The number of nitrogens with zero attached hydrogens (tertiary/aromatic N) is 8. The first-order valence-corrected chi connectivity index (χ1v) is 11.6. The number of likely N-dealkylation sites (N-methyl/N-ethyl adjacent to an activating group) is 1. The van der Waals surface area contributed by atoms with Crippen LogP contribution in [0.25, 0.3) is 22.3 Å². The highest BCUT2D eigenvalue weighted by molar-refractivity contribution is 5.94. The molecule has 5 heterocycles. The Kier molecular flexibility index (Phi) is 6.34. The Labute approximate surface area is 210 Å². The van der Waals surface area contributed by atoms with Crippen molar-refractivity contribution in [3.8, 4) is 17.3 Å². The van der Waals surface area contributed by atoms with Crippen LogP contribution in [0.1, 0.15) is 29.7 Å². The van der Waals surface area contributed by atoms with Gasteiger partial charge in [0.15, 0.2) is 0 Å². The second kappa shape index (κ2) is 9.62. The van der Waals surface area contributed by atoms with Crippen LogP contribution in [-0.2, 0) is 6.18 Å². The highest BCUT2D eigenvalue weighted by atomic mass is 19.4. The largest absolute Gasteiger partial charge is 0.417 e. The van der Waals surface area contributed by atoms with E-state index in [0.29, 0.717) is 11.5 Å². The molecule has 0 bridgehead atoms. The van der Waals surface area contributed by atoms with Gasteiger partial charge < -0.3 is 20.1 Å². The molecule has 0 aliphatic carbocycles. The Balaban J connectivity index is 1.40. The molecule has 1 unspecified atom stereocenters. The molecular weight excluding hydrogens is 485 g/mol. The van der Waals surface area contributed by atoms with Crippen LogP contribution in [0.2, 0.25) is 0 Å². The molecule has 0 saturated carbocycles. The molecular formula is C24H23F3N10. The number of halogens is 3. The van der Waals surface area contributed by atoms with Crippen LogP contribution >= 0.6 is 0 Å². The molecule has 0 aromatic carbocycles. The van der Waals surface area contributed by atoms with Gasteiger partial charge in [0, 0.05) is 67.5 Å². The lowest BCUT2D eigenvalue weighted by Gasteiger charge is -2.32. The van der Waals surface area contributed by atoms with E-state index < -0.39 is 11.7 Å². The minimum absolute atomic E-state index is 0.122. The predicted molar refractivity (Wildman–Crippen MR) is 131 cm³/mol. The first kappa shape index (κ1) is 24.4. The number of nitrogens with one attached hydrogen (secondary N) is 2. The van der Waals surface area contributed by atoms with Gasteiger partial charge >= 0.3 is 6.18 Å². The second-order valence-electron chi connectivity index (χ2n) is 8.86. The number of aromatic amines is 1. The maximum absolute atomic E-state index is 13.3. The third kappa shape index (κ3) is 5.01. The van der Waals surface area contributed by atoms with Crippen molar-refractivity contribution in [3.63, 3.8) is 0 Å². The highest BCUT2D eigenvalue weighted by Gasteiger charge is 2.31. The summed E-state index contributed by atoms with van der Waals surface area (Å²) < 4.78 is 39.8. The number of hydrogen-bond acceptors (Lipinski definition) is 9. The van der Waals surface area contributed by atoms with Gasteiger partial charge in [-0.25, -0.2) is 24.9 Å². The average molecular weight is 509 g/mol. The zero-order chi connectivity index (χ0) is 26.2. The van der Waals surface area contributed by atoms with Crippen LogP contribution in [0.4, 0.5) is 25.1 Å². The van der Waals surface area contributed by atoms with Gasteiger partial charge in [0.1, 0.15) is 11.7 Å². The summed E-state index contributed by atoms with van der Waals surface area (Å²) in [5.41, 5.74) is 0.811. The number of anilines is 2. The van der Waals surface area contributed by atoms with Gasteiger partial charge in [-0.15, -0.1) is 0 Å². The molecule has 1 saturated heterocycles. The monoisotopic (exact) mass is 508 g/mol. The summed E-state index contributed by atoms with van der Waals surface area (Å²) in [7, 11) is 2.08. The van der Waals surface area contributed by atoms with E-state index in [9.17, 15) is 18.4 Å². The Morgan fingerprint density at radius 2 is 1.78 bits per heavy atom. The van der Waals surface area contributed by atoms with Crippen LogP contribution in [-0.4, -0.2) is 68.0 Å². The normalized spacial score (nSPS) is 15.5. The molecule has 13 heteroatoms. The van der Waals surface area contributed by atoms with Crippen molar-refractivity contribution in [3.05, 3.63) is 53.7 Å². The SMILES string of the molecule is CC(Nc1ncc(C#N)c(-c2c[nH]c3ncc(C(F)(F)F)cc23)n1)c1cnc(N2CCN(C)CC2)nc1. The number of H-pyrrole nitrogens is 1. The van der Waals surface area contributed by atoms with E-state index in [1.54, 1.807) is 12.4 Å². The Morgan fingerprint density at radius 3 is 2.46 bits per heavy atom. The van der Waals surface area contributed by atoms with E-state index in [0.717, 1.165) is 44.0 Å². The summed E-state index contributed by atoms with van der Waals surface area (Å²) in [5.74, 6) is 0.881. The van der Waals surface area contributed by atoms with Crippen LogP contribution in [0, 0.1) is 11.3 Å². The number of aromatic nitrogens is 6. The number of hydrogen-bond donors (Lipinski definition) is 2. The topological polar surface area (TPSA) is 123 Å². The number of fused-ring (bicyclic) bond motifs is 1. The molecule has 0 amide bonds. The first-order chi connectivity index (χ1) is 17.7. The van der Waals surface area contributed by atoms with E-state index >= 15 is 0 Å². The number of nitriles is 1. The van der Waals surface area contributed by atoms with Gasteiger partial charge in [-0.05, 0) is 20.0 Å². The van der Waals surface area contributed by atoms with Gasteiger partial charge in [0.2, 0.25) is 11.9 Å². The maximum atomic E-state index is 13.3. The molecule has 2 N–H and O–H groups in total. The molecule has 37 heavy (non-hydrogen) atoms. The van der Waals surface area contributed by atoms with Gasteiger partial charge in [-0.1, -0.05) is 0 Å². The lowest BCUT2D eigenvalue weighted by atomic mass is 10.1. The predicted octanol–water partition coefficient (Wildman–Crippen LogP) is 3.63. The number of alkyl halides is 3. The van der Waals surface area contributed by atoms with Gasteiger partial charge in [0.25, 0.3) is 0 Å². The zero-order valence-electron chi connectivity index (χ0n) is 20.1. The smallest absolute Gasteiger partial charge is 0.348 e. The lowest BCUT2D eigenvalue weighted by Crippen LogP contribution is -2.45. The summed E-state index contributed by atoms with van der Waals surface area (Å²) in [6.45, 7) is 5.51. The fourth-order valence-corrected chi connectivity index (χ4v) is 4.09. The van der Waals surface area contributed by atoms with Crippen LogP contribution in [0.5, 0.6) is 0 Å². The molecule has 1 aliphatic rings. The second-order valence-corrected chi connectivity index (χ2v) is 8.86. The maximum Gasteiger partial charge on any atom is 0.417 e. The summed E-state index contributed by atoms with van der Waals surface area (Å²) in [5, 5.41) is 13.0. The molecule has 5 rings (SSSR count). The molecule has 4 aromatic rings. The molecule has 0 radical (unpaired) electrons. The standard InChI is InChI=1S/C24H23F3N10/c1-14(16-10-32-23(33-11-16)37-5-3-36(2)4-6-37)34-22-31-9-15(8-28)20(35-22)19-13-30-21-18(19)7-17(12-29-21)24(25,26)27/h7,9-14H,3-6H2,1-2H3,(H,29,30)(H,31,34,35). The molecule has 1 aliphatic heterocycles. The van der Waals surface area contributed by atoms with Gasteiger partial charge in [-0.2, -0.15) is 18.4 Å². The number of piperazine rings is 1. The molecule has 4 aromatic heterocycles. The minimum Gasteiger partial charge on any atom is -0.348 e. The van der Waals surface area contributed by atoms with Gasteiger partial charge in [-0.3, -0.25) is 0 Å². The molecule has 1 atom stereocenters. The Morgan fingerprint density at radius 1 is 1.05 bits per heavy atom. The lowest BCUT2D eigenvalue weighted by molar-refractivity contribution is -0.137. The molecule has 1 fully saturated rings. The molecule has 10 nitrogen and oxygen atoms in total. The number of rotatable bonds is 5. The average Bonchev–Trinajstić information content (AvgIpc) is 3.32. The van der Waals surface area contributed by atoms with Crippen molar-refractivity contribution in [1.82, 2.24) is 34.8 Å². The summed E-state index contributed by atoms with van der Waals surface area (Å²) in [4.78, 5) is 28.8. The summed E-state index contributed by atoms with van der Waals surface area (Å²) >= 11 is 0. The van der Waals surface area contributed by atoms with Crippen LogP contribution in [0.3, 0.4) is 0 Å². The van der Waals surface area contributed by atoms with Crippen molar-refractivity contribution >= 4 is 22.9 Å². The third-order valence-corrected chi connectivity index (χ3v) is 6.31.